The zero-order valence-corrected chi connectivity index (χ0v) is 8.59. The minimum atomic E-state index is -4.08. The van der Waals surface area contributed by atoms with E-state index in [1.165, 1.54) is 0 Å². The molecule has 15 heavy (non-hydrogen) atoms. The second-order valence-electron chi connectivity index (χ2n) is 3.28. The van der Waals surface area contributed by atoms with E-state index in [1.807, 2.05) is 37.3 Å². The predicted octanol–water partition coefficient (Wildman–Crippen LogP) is 3.47. The van der Waals surface area contributed by atoms with Crippen molar-refractivity contribution < 1.29 is 13.2 Å². The summed E-state index contributed by atoms with van der Waals surface area (Å²) in [6.07, 6.45) is -4.85. The topological polar surface area (TPSA) is 3.24 Å². The smallest absolute Gasteiger partial charge is 0.371 e. The van der Waals surface area contributed by atoms with Gasteiger partial charge in [0, 0.05) is 18.8 Å². The van der Waals surface area contributed by atoms with E-state index in [0.29, 0.717) is 6.54 Å². The van der Waals surface area contributed by atoms with Crippen LogP contribution in [-0.4, -0.2) is 19.3 Å². The monoisotopic (exact) mass is 217 g/mol. The Morgan fingerprint density at radius 1 is 1.13 bits per heavy atom. The number of hydrogen-bond donors (Lipinski definition) is 0. The molecule has 0 aliphatic carbocycles. The van der Waals surface area contributed by atoms with Gasteiger partial charge >= 0.3 is 6.18 Å². The molecular weight excluding hydrogens is 203 g/mol. The molecule has 0 atom stereocenters. The molecule has 1 rings (SSSR count). The molecule has 0 unspecified atom stereocenters. The molecule has 4 heteroatoms. The van der Waals surface area contributed by atoms with Crippen LogP contribution in [0, 0.1) is 0 Å². The van der Waals surface area contributed by atoms with Crippen LogP contribution in [0.4, 0.5) is 18.9 Å². The van der Waals surface area contributed by atoms with Gasteiger partial charge < -0.3 is 4.90 Å². The highest BCUT2D eigenvalue weighted by Gasteiger charge is 2.27. The summed E-state index contributed by atoms with van der Waals surface area (Å²) in [5.74, 6) is 0. The lowest BCUT2D eigenvalue weighted by molar-refractivity contribution is -0.132. The SMILES string of the molecule is CCN(CCC(F)(F)F)c1ccccc1. The Balaban J connectivity index is 2.58. The highest BCUT2D eigenvalue weighted by molar-refractivity contribution is 5.45. The van der Waals surface area contributed by atoms with E-state index in [-0.39, 0.29) is 6.54 Å². The summed E-state index contributed by atoms with van der Waals surface area (Å²) >= 11 is 0. The maximum Gasteiger partial charge on any atom is 0.390 e. The summed E-state index contributed by atoms with van der Waals surface area (Å²) in [6.45, 7) is 2.45. The van der Waals surface area contributed by atoms with Crippen molar-refractivity contribution in [2.45, 2.75) is 19.5 Å². The molecule has 0 fully saturated rings. The number of alkyl halides is 3. The van der Waals surface area contributed by atoms with Crippen molar-refractivity contribution >= 4 is 5.69 Å². The number of rotatable bonds is 4. The second-order valence-corrected chi connectivity index (χ2v) is 3.28. The Morgan fingerprint density at radius 3 is 2.20 bits per heavy atom. The fourth-order valence-electron chi connectivity index (χ4n) is 1.37. The quantitative estimate of drug-likeness (QED) is 0.746. The third-order valence-corrected chi connectivity index (χ3v) is 2.17. The Labute approximate surface area is 87.5 Å². The van der Waals surface area contributed by atoms with Gasteiger partial charge in [-0.25, -0.2) is 0 Å². The van der Waals surface area contributed by atoms with E-state index in [0.717, 1.165) is 5.69 Å². The van der Waals surface area contributed by atoms with E-state index in [4.69, 9.17) is 0 Å². The van der Waals surface area contributed by atoms with Gasteiger partial charge in [-0.05, 0) is 19.1 Å². The van der Waals surface area contributed by atoms with E-state index in [2.05, 4.69) is 0 Å². The minimum Gasteiger partial charge on any atom is -0.371 e. The summed E-state index contributed by atoms with van der Waals surface area (Å²) in [5.41, 5.74) is 0.837. The first-order valence-corrected chi connectivity index (χ1v) is 4.89. The lowest BCUT2D eigenvalue weighted by Gasteiger charge is -2.23. The Bertz CT molecular complexity index is 282. The van der Waals surface area contributed by atoms with Crippen LogP contribution in [0.1, 0.15) is 13.3 Å². The van der Waals surface area contributed by atoms with Gasteiger partial charge in [-0.3, -0.25) is 0 Å². The largest absolute Gasteiger partial charge is 0.390 e. The van der Waals surface area contributed by atoms with Gasteiger partial charge in [-0.2, -0.15) is 13.2 Å². The van der Waals surface area contributed by atoms with Crippen molar-refractivity contribution in [3.8, 4) is 0 Å². The van der Waals surface area contributed by atoms with Crippen molar-refractivity contribution in [1.29, 1.82) is 0 Å². The van der Waals surface area contributed by atoms with Crippen LogP contribution in [0.25, 0.3) is 0 Å². The number of benzene rings is 1. The Hall–Kier alpha value is -1.19. The van der Waals surface area contributed by atoms with E-state index < -0.39 is 12.6 Å². The lowest BCUT2D eigenvalue weighted by atomic mass is 10.2. The maximum absolute atomic E-state index is 12.0. The second kappa shape index (κ2) is 5.05. The normalized spacial score (nSPS) is 11.5. The van der Waals surface area contributed by atoms with Crippen LogP contribution in [-0.2, 0) is 0 Å². The number of anilines is 1. The van der Waals surface area contributed by atoms with Crippen LogP contribution >= 0.6 is 0 Å². The van der Waals surface area contributed by atoms with Crippen molar-refractivity contribution in [2.24, 2.45) is 0 Å². The Morgan fingerprint density at radius 2 is 1.73 bits per heavy atom. The van der Waals surface area contributed by atoms with Gasteiger partial charge in [-0.1, -0.05) is 18.2 Å². The molecule has 1 nitrogen and oxygen atoms in total. The molecule has 0 saturated heterocycles. The van der Waals surface area contributed by atoms with Crippen molar-refractivity contribution in [3.63, 3.8) is 0 Å². The molecule has 84 valence electrons. The first-order valence-electron chi connectivity index (χ1n) is 4.89. The number of hydrogen-bond acceptors (Lipinski definition) is 1. The van der Waals surface area contributed by atoms with Crippen molar-refractivity contribution in [3.05, 3.63) is 30.3 Å². The minimum absolute atomic E-state index is 0.0179. The van der Waals surface area contributed by atoms with Gasteiger partial charge in [-0.15, -0.1) is 0 Å². The average Bonchev–Trinajstić information content (AvgIpc) is 2.19. The van der Waals surface area contributed by atoms with Gasteiger partial charge in [0.1, 0.15) is 0 Å². The average molecular weight is 217 g/mol. The summed E-state index contributed by atoms with van der Waals surface area (Å²) in [6, 6.07) is 9.14. The fraction of sp³-hybridized carbons (Fsp3) is 0.455. The zero-order valence-electron chi connectivity index (χ0n) is 8.59. The summed E-state index contributed by atoms with van der Waals surface area (Å²) in [7, 11) is 0. The summed E-state index contributed by atoms with van der Waals surface area (Å²) in [4.78, 5) is 1.72. The van der Waals surface area contributed by atoms with Gasteiger partial charge in [0.15, 0.2) is 0 Å². The van der Waals surface area contributed by atoms with E-state index in [1.54, 1.807) is 4.90 Å². The Kier molecular flexibility index (Phi) is 4.00. The van der Waals surface area contributed by atoms with Crippen LogP contribution in [0.3, 0.4) is 0 Å². The molecule has 0 aliphatic rings. The first kappa shape index (κ1) is 11.9. The van der Waals surface area contributed by atoms with Gasteiger partial charge in [0.2, 0.25) is 0 Å². The van der Waals surface area contributed by atoms with E-state index >= 15 is 0 Å². The molecule has 0 heterocycles. The molecule has 0 aliphatic heterocycles. The lowest BCUT2D eigenvalue weighted by Crippen LogP contribution is -2.27. The zero-order chi connectivity index (χ0) is 11.3. The fourth-order valence-corrected chi connectivity index (χ4v) is 1.37. The highest BCUT2D eigenvalue weighted by Crippen LogP contribution is 2.22. The van der Waals surface area contributed by atoms with Gasteiger partial charge in [0.05, 0.1) is 6.42 Å². The van der Waals surface area contributed by atoms with Crippen molar-refractivity contribution in [2.75, 3.05) is 18.0 Å². The molecule has 1 aromatic carbocycles. The number of para-hydroxylation sites is 1. The summed E-state index contributed by atoms with van der Waals surface area (Å²) < 4.78 is 36.1. The van der Waals surface area contributed by atoms with E-state index in [9.17, 15) is 13.2 Å². The molecular formula is C11H14F3N. The molecule has 0 bridgehead atoms. The molecule has 0 saturated carbocycles. The van der Waals surface area contributed by atoms with Gasteiger partial charge in [0.25, 0.3) is 0 Å². The highest BCUT2D eigenvalue weighted by atomic mass is 19.4. The van der Waals surface area contributed by atoms with Crippen LogP contribution in [0.2, 0.25) is 0 Å². The number of nitrogens with zero attached hydrogens (tertiary/aromatic N) is 1. The molecule has 0 spiro atoms. The first-order chi connectivity index (χ1) is 7.03. The predicted molar refractivity (Wildman–Crippen MR) is 55.0 cm³/mol. The third-order valence-electron chi connectivity index (χ3n) is 2.17. The maximum atomic E-state index is 12.0. The molecule has 0 radical (unpaired) electrons. The number of halogens is 3. The molecule has 0 aromatic heterocycles. The van der Waals surface area contributed by atoms with Crippen LogP contribution in [0.15, 0.2) is 30.3 Å². The summed E-state index contributed by atoms with van der Waals surface area (Å²) in [5, 5.41) is 0. The van der Waals surface area contributed by atoms with Crippen LogP contribution < -0.4 is 4.90 Å². The molecule has 0 N–H and O–H groups in total. The molecule has 0 amide bonds. The standard InChI is InChI=1S/C11H14F3N/c1-2-15(9-8-11(12,13)14)10-6-4-3-5-7-10/h3-7H,2,8-9H2,1H3. The van der Waals surface area contributed by atoms with Crippen LogP contribution in [0.5, 0.6) is 0 Å². The molecule has 1 aromatic rings. The third kappa shape index (κ3) is 4.23. The van der Waals surface area contributed by atoms with Crippen molar-refractivity contribution in [1.82, 2.24) is 0 Å².